The fraction of sp³-hybridized carbons (Fsp3) is 0.316. The van der Waals surface area contributed by atoms with E-state index in [4.69, 9.17) is 4.74 Å². The summed E-state index contributed by atoms with van der Waals surface area (Å²) in [6.07, 6.45) is 1.49. The zero-order valence-electron chi connectivity index (χ0n) is 15.4. The number of aromatic amines is 1. The first kappa shape index (κ1) is 19.4. The first-order valence-electron chi connectivity index (χ1n) is 8.52. The molecule has 1 atom stereocenters. The maximum Gasteiger partial charge on any atom is 0.337 e. The van der Waals surface area contributed by atoms with Crippen molar-refractivity contribution in [1.29, 1.82) is 0 Å². The minimum Gasteiger partial charge on any atom is -0.460 e. The summed E-state index contributed by atoms with van der Waals surface area (Å²) in [7, 11) is 0. The van der Waals surface area contributed by atoms with Crippen molar-refractivity contribution in [2.45, 2.75) is 37.9 Å². The Labute approximate surface area is 165 Å². The average Bonchev–Trinajstić information content (AvgIpc) is 3.12. The van der Waals surface area contributed by atoms with Crippen molar-refractivity contribution in [1.82, 2.24) is 9.97 Å². The van der Waals surface area contributed by atoms with Gasteiger partial charge in [0.2, 0.25) is 0 Å². The van der Waals surface area contributed by atoms with E-state index in [2.05, 4.69) is 21.9 Å². The lowest BCUT2D eigenvalue weighted by molar-refractivity contribution is -0.142. The summed E-state index contributed by atoms with van der Waals surface area (Å²) in [5, 5.41) is 5.56. The van der Waals surface area contributed by atoms with Crippen LogP contribution in [0.4, 0.5) is 5.82 Å². The summed E-state index contributed by atoms with van der Waals surface area (Å²) >= 11 is 2.89. The molecule has 0 saturated heterocycles. The van der Waals surface area contributed by atoms with Crippen LogP contribution in [0.3, 0.4) is 0 Å². The van der Waals surface area contributed by atoms with Gasteiger partial charge in [0, 0.05) is 16.3 Å². The van der Waals surface area contributed by atoms with E-state index in [9.17, 15) is 9.59 Å². The third-order valence-electron chi connectivity index (χ3n) is 3.95. The summed E-state index contributed by atoms with van der Waals surface area (Å²) in [6, 6.07) is 3.82. The number of anilines is 1. The number of rotatable bonds is 6. The molecule has 1 aliphatic rings. The smallest absolute Gasteiger partial charge is 0.337 e. The third kappa shape index (κ3) is 4.01. The predicted molar refractivity (Wildman–Crippen MR) is 109 cm³/mol. The van der Waals surface area contributed by atoms with Crippen LogP contribution < -0.4 is 10.9 Å². The minimum absolute atomic E-state index is 0.253. The number of H-pyrrole nitrogens is 1. The van der Waals surface area contributed by atoms with Crippen LogP contribution in [-0.2, 0) is 9.53 Å². The van der Waals surface area contributed by atoms with Gasteiger partial charge in [-0.3, -0.25) is 4.79 Å². The van der Waals surface area contributed by atoms with E-state index < -0.39 is 11.9 Å². The molecule has 3 heterocycles. The summed E-state index contributed by atoms with van der Waals surface area (Å²) in [5.41, 5.74) is 1.25. The highest BCUT2D eigenvalue weighted by atomic mass is 32.2. The van der Waals surface area contributed by atoms with Gasteiger partial charge in [-0.05, 0) is 32.2 Å². The largest absolute Gasteiger partial charge is 0.460 e. The highest BCUT2D eigenvalue weighted by molar-refractivity contribution is 7.99. The van der Waals surface area contributed by atoms with Crippen LogP contribution in [-0.4, -0.2) is 27.8 Å². The molecule has 0 radical (unpaired) electrons. The predicted octanol–water partition coefficient (Wildman–Crippen LogP) is 3.89. The van der Waals surface area contributed by atoms with E-state index in [0.29, 0.717) is 33.6 Å². The SMILES string of the molecule is C=CCSc1nc2c(c(=O)[nH]1)[C@H](c1cccs1)C(C(=O)OC(C)C)=C(C)N2. The summed E-state index contributed by atoms with van der Waals surface area (Å²) in [4.78, 5) is 34.0. The Morgan fingerprint density at radius 1 is 1.52 bits per heavy atom. The van der Waals surface area contributed by atoms with Crippen LogP contribution in [0.2, 0.25) is 0 Å². The summed E-state index contributed by atoms with van der Waals surface area (Å²) in [5.74, 6) is 0.171. The van der Waals surface area contributed by atoms with Crippen LogP contribution >= 0.6 is 23.1 Å². The highest BCUT2D eigenvalue weighted by Gasteiger charge is 2.37. The molecule has 0 aliphatic carbocycles. The number of allylic oxidation sites excluding steroid dienone is 1. The van der Waals surface area contributed by atoms with E-state index in [1.165, 1.54) is 23.1 Å². The number of carbonyl (C=O) groups is 1. The Hall–Kier alpha value is -2.32. The van der Waals surface area contributed by atoms with Crippen molar-refractivity contribution in [3.05, 3.63) is 62.2 Å². The fourth-order valence-electron chi connectivity index (χ4n) is 2.93. The fourth-order valence-corrected chi connectivity index (χ4v) is 4.36. The quantitative estimate of drug-likeness (QED) is 0.329. The van der Waals surface area contributed by atoms with Crippen molar-refractivity contribution < 1.29 is 9.53 Å². The zero-order chi connectivity index (χ0) is 19.6. The van der Waals surface area contributed by atoms with E-state index in [1.807, 2.05) is 17.5 Å². The number of ether oxygens (including phenoxy) is 1. The standard InChI is InChI=1S/C19H21N3O3S2/c1-5-8-27-19-21-16-15(17(23)22-19)14(12-7-6-9-26-12)13(11(4)20-16)18(24)25-10(2)3/h5-7,9-10,14H,1,8H2,2-4H3,(H2,20,21,22,23)/t14-/m1/s1. The second kappa shape index (κ2) is 8.14. The van der Waals surface area contributed by atoms with E-state index >= 15 is 0 Å². The second-order valence-electron chi connectivity index (χ2n) is 6.30. The molecule has 2 aromatic rings. The molecule has 2 N–H and O–H groups in total. The Bertz CT molecular complexity index is 946. The lowest BCUT2D eigenvalue weighted by atomic mass is 9.86. The molecular weight excluding hydrogens is 382 g/mol. The molecular formula is C19H21N3O3S2. The number of esters is 1. The molecule has 0 unspecified atom stereocenters. The Morgan fingerprint density at radius 3 is 2.93 bits per heavy atom. The molecule has 0 saturated carbocycles. The Morgan fingerprint density at radius 2 is 2.30 bits per heavy atom. The number of fused-ring (bicyclic) bond motifs is 1. The number of nitrogens with zero attached hydrogens (tertiary/aromatic N) is 1. The van der Waals surface area contributed by atoms with Crippen molar-refractivity contribution in [2.24, 2.45) is 0 Å². The van der Waals surface area contributed by atoms with Crippen LogP contribution in [0.15, 0.2) is 51.4 Å². The van der Waals surface area contributed by atoms with Crippen LogP contribution in [0.25, 0.3) is 0 Å². The number of thioether (sulfide) groups is 1. The van der Waals surface area contributed by atoms with Crippen LogP contribution in [0.5, 0.6) is 0 Å². The Kier molecular flexibility index (Phi) is 5.86. The molecule has 1 aliphatic heterocycles. The number of nitrogens with one attached hydrogen (secondary N) is 2. The third-order valence-corrected chi connectivity index (χ3v) is 5.76. The van der Waals surface area contributed by atoms with Gasteiger partial charge in [0.1, 0.15) is 5.82 Å². The van der Waals surface area contributed by atoms with Gasteiger partial charge in [-0.1, -0.05) is 23.9 Å². The number of aromatic nitrogens is 2. The van der Waals surface area contributed by atoms with Gasteiger partial charge in [0.15, 0.2) is 5.16 Å². The van der Waals surface area contributed by atoms with Gasteiger partial charge in [-0.2, -0.15) is 0 Å². The molecule has 6 nitrogen and oxygen atoms in total. The second-order valence-corrected chi connectivity index (χ2v) is 8.29. The van der Waals surface area contributed by atoms with Gasteiger partial charge in [-0.15, -0.1) is 17.9 Å². The summed E-state index contributed by atoms with van der Waals surface area (Å²) < 4.78 is 5.44. The van der Waals surface area contributed by atoms with Crippen LogP contribution in [0, 0.1) is 0 Å². The number of carbonyl (C=O) groups excluding carboxylic acids is 1. The molecule has 0 aromatic carbocycles. The Balaban J connectivity index is 2.14. The van der Waals surface area contributed by atoms with Crippen molar-refractivity contribution in [3.63, 3.8) is 0 Å². The van der Waals surface area contributed by atoms with Crippen LogP contribution in [0.1, 0.15) is 37.1 Å². The minimum atomic E-state index is -0.512. The molecule has 2 aromatic heterocycles. The summed E-state index contributed by atoms with van der Waals surface area (Å²) in [6.45, 7) is 9.09. The van der Waals surface area contributed by atoms with Crippen molar-refractivity contribution in [2.75, 3.05) is 11.1 Å². The van der Waals surface area contributed by atoms with Gasteiger partial charge in [-0.25, -0.2) is 9.78 Å². The molecule has 0 spiro atoms. The molecule has 0 bridgehead atoms. The normalized spacial score (nSPS) is 16.1. The molecule has 27 heavy (non-hydrogen) atoms. The zero-order valence-corrected chi connectivity index (χ0v) is 17.0. The molecule has 142 valence electrons. The van der Waals surface area contributed by atoms with E-state index in [0.717, 1.165) is 4.88 Å². The van der Waals surface area contributed by atoms with E-state index in [-0.39, 0.29) is 11.7 Å². The van der Waals surface area contributed by atoms with E-state index in [1.54, 1.807) is 26.8 Å². The van der Waals surface area contributed by atoms with Gasteiger partial charge in [0.05, 0.1) is 23.2 Å². The van der Waals surface area contributed by atoms with Crippen molar-refractivity contribution in [3.8, 4) is 0 Å². The molecule has 0 fully saturated rings. The lowest BCUT2D eigenvalue weighted by Gasteiger charge is -2.28. The van der Waals surface area contributed by atoms with Gasteiger partial charge in [0.25, 0.3) is 5.56 Å². The van der Waals surface area contributed by atoms with Crippen molar-refractivity contribution >= 4 is 34.9 Å². The topological polar surface area (TPSA) is 84.1 Å². The highest BCUT2D eigenvalue weighted by Crippen LogP contribution is 2.41. The number of hydrogen-bond acceptors (Lipinski definition) is 7. The molecule has 3 rings (SSSR count). The molecule has 8 heteroatoms. The maximum absolute atomic E-state index is 12.9. The number of hydrogen-bond donors (Lipinski definition) is 2. The van der Waals surface area contributed by atoms with Gasteiger partial charge >= 0.3 is 5.97 Å². The van der Waals surface area contributed by atoms with Gasteiger partial charge < -0.3 is 15.0 Å². The first-order chi connectivity index (χ1) is 12.9. The average molecular weight is 404 g/mol. The molecule has 0 amide bonds. The first-order valence-corrected chi connectivity index (χ1v) is 10.4. The number of thiophene rings is 1. The maximum atomic E-state index is 12.9. The monoisotopic (exact) mass is 403 g/mol. The lowest BCUT2D eigenvalue weighted by Crippen LogP contribution is -2.31.